The second-order valence-corrected chi connectivity index (χ2v) is 5.79. The number of para-hydroxylation sites is 2. The highest BCUT2D eigenvalue weighted by molar-refractivity contribution is 7.98. The van der Waals surface area contributed by atoms with Gasteiger partial charge in [-0.25, -0.2) is 4.98 Å². The minimum atomic E-state index is 0.187. The Hall–Kier alpha value is -2.07. The van der Waals surface area contributed by atoms with Crippen LogP contribution in [0.15, 0.2) is 53.7 Å². The van der Waals surface area contributed by atoms with Crippen molar-refractivity contribution in [3.63, 3.8) is 0 Å². The van der Waals surface area contributed by atoms with Crippen molar-refractivity contribution in [2.45, 2.75) is 24.3 Å². The summed E-state index contributed by atoms with van der Waals surface area (Å²) in [5.74, 6) is 1.02. The second kappa shape index (κ2) is 6.14. The van der Waals surface area contributed by atoms with E-state index in [1.165, 1.54) is 5.56 Å². The number of aromatic nitrogens is 2. The number of Topliss-reactive ketones (excluding diaryl/α,β-unsaturated/α-hetero) is 1. The molecule has 0 aliphatic rings. The molecule has 0 atom stereocenters. The van der Waals surface area contributed by atoms with Crippen LogP contribution in [0.2, 0.25) is 0 Å². The van der Waals surface area contributed by atoms with E-state index >= 15 is 0 Å². The first-order chi connectivity index (χ1) is 10.3. The summed E-state index contributed by atoms with van der Waals surface area (Å²) in [6.07, 6.45) is 0.549. The first-order valence-corrected chi connectivity index (χ1v) is 7.94. The van der Waals surface area contributed by atoms with Gasteiger partial charge in [0.2, 0.25) is 0 Å². The molecular formula is C17H16N2OS. The zero-order chi connectivity index (χ0) is 14.7. The molecule has 106 valence electrons. The SMILES string of the molecule is CCC(=O)c1ccc(CSc2nc3ccccc3[nH]2)cc1. The molecule has 0 fully saturated rings. The van der Waals surface area contributed by atoms with Crippen LogP contribution in [0.4, 0.5) is 0 Å². The van der Waals surface area contributed by atoms with Crippen molar-refractivity contribution >= 4 is 28.6 Å². The summed E-state index contributed by atoms with van der Waals surface area (Å²) in [5, 5.41) is 0.921. The van der Waals surface area contributed by atoms with Crippen molar-refractivity contribution in [3.8, 4) is 0 Å². The molecule has 0 aliphatic carbocycles. The van der Waals surface area contributed by atoms with Gasteiger partial charge in [0, 0.05) is 17.7 Å². The van der Waals surface area contributed by atoms with Gasteiger partial charge in [0.05, 0.1) is 11.0 Å². The third kappa shape index (κ3) is 3.16. The molecule has 1 N–H and O–H groups in total. The minimum Gasteiger partial charge on any atom is -0.333 e. The summed E-state index contributed by atoms with van der Waals surface area (Å²) >= 11 is 1.67. The van der Waals surface area contributed by atoms with Crippen LogP contribution in [0.3, 0.4) is 0 Å². The fraction of sp³-hybridized carbons (Fsp3) is 0.176. The van der Waals surface area contributed by atoms with Crippen LogP contribution in [0.5, 0.6) is 0 Å². The number of ketones is 1. The Kier molecular flexibility index (Phi) is 4.06. The van der Waals surface area contributed by atoms with Crippen LogP contribution in [-0.4, -0.2) is 15.8 Å². The molecule has 3 nitrogen and oxygen atoms in total. The molecule has 0 spiro atoms. The highest BCUT2D eigenvalue weighted by Crippen LogP contribution is 2.23. The summed E-state index contributed by atoms with van der Waals surface area (Å²) in [6.45, 7) is 1.88. The number of rotatable bonds is 5. The fourth-order valence-corrected chi connectivity index (χ4v) is 2.98. The van der Waals surface area contributed by atoms with E-state index in [2.05, 4.69) is 9.97 Å². The van der Waals surface area contributed by atoms with Crippen molar-refractivity contribution in [2.24, 2.45) is 0 Å². The number of carbonyl (C=O) groups is 1. The largest absolute Gasteiger partial charge is 0.333 e. The van der Waals surface area contributed by atoms with E-state index < -0.39 is 0 Å². The van der Waals surface area contributed by atoms with Gasteiger partial charge in [-0.1, -0.05) is 55.1 Å². The summed E-state index contributed by atoms with van der Waals surface area (Å²) in [5.41, 5.74) is 4.02. The molecule has 0 saturated heterocycles. The molecular weight excluding hydrogens is 280 g/mol. The highest BCUT2D eigenvalue weighted by atomic mass is 32.2. The van der Waals surface area contributed by atoms with Crippen molar-refractivity contribution < 1.29 is 4.79 Å². The van der Waals surface area contributed by atoms with Crippen LogP contribution in [0.25, 0.3) is 11.0 Å². The Bertz CT molecular complexity index is 729. The Balaban J connectivity index is 1.68. The van der Waals surface area contributed by atoms with E-state index in [4.69, 9.17) is 0 Å². The third-order valence-electron chi connectivity index (χ3n) is 3.34. The Morgan fingerprint density at radius 2 is 1.90 bits per heavy atom. The van der Waals surface area contributed by atoms with Crippen LogP contribution in [-0.2, 0) is 5.75 Å². The molecule has 3 rings (SSSR count). The van der Waals surface area contributed by atoms with Crippen molar-refractivity contribution in [1.29, 1.82) is 0 Å². The number of carbonyl (C=O) groups excluding carboxylic acids is 1. The topological polar surface area (TPSA) is 45.8 Å². The van der Waals surface area contributed by atoms with E-state index in [9.17, 15) is 4.79 Å². The lowest BCUT2D eigenvalue weighted by Gasteiger charge is -2.01. The second-order valence-electron chi connectivity index (χ2n) is 4.82. The van der Waals surface area contributed by atoms with Crippen molar-refractivity contribution in [2.75, 3.05) is 0 Å². The smallest absolute Gasteiger partial charge is 0.166 e. The predicted octanol–water partition coefficient (Wildman–Crippen LogP) is 4.45. The van der Waals surface area contributed by atoms with Gasteiger partial charge in [0.25, 0.3) is 0 Å². The van der Waals surface area contributed by atoms with Crippen LogP contribution >= 0.6 is 11.8 Å². The minimum absolute atomic E-state index is 0.187. The van der Waals surface area contributed by atoms with Crippen LogP contribution < -0.4 is 0 Å². The first-order valence-electron chi connectivity index (χ1n) is 6.96. The lowest BCUT2D eigenvalue weighted by Crippen LogP contribution is -1.96. The number of fused-ring (bicyclic) bond motifs is 1. The van der Waals surface area contributed by atoms with E-state index in [-0.39, 0.29) is 5.78 Å². The zero-order valence-electron chi connectivity index (χ0n) is 11.8. The van der Waals surface area contributed by atoms with Gasteiger partial charge in [0.1, 0.15) is 0 Å². The van der Waals surface area contributed by atoms with E-state index in [0.717, 1.165) is 27.5 Å². The molecule has 0 saturated carbocycles. The molecule has 1 aromatic heterocycles. The van der Waals surface area contributed by atoms with Crippen molar-refractivity contribution in [3.05, 3.63) is 59.7 Å². The molecule has 0 bridgehead atoms. The first kappa shape index (κ1) is 13.9. The van der Waals surface area contributed by atoms with E-state index in [1.54, 1.807) is 11.8 Å². The molecule has 0 unspecified atom stereocenters. The zero-order valence-corrected chi connectivity index (χ0v) is 12.6. The van der Waals surface area contributed by atoms with Gasteiger partial charge in [-0.15, -0.1) is 0 Å². The van der Waals surface area contributed by atoms with Gasteiger partial charge in [-0.3, -0.25) is 4.79 Å². The van der Waals surface area contributed by atoms with Gasteiger partial charge < -0.3 is 4.98 Å². The number of thioether (sulfide) groups is 1. The van der Waals surface area contributed by atoms with E-state index in [0.29, 0.717) is 6.42 Å². The quantitative estimate of drug-likeness (QED) is 0.559. The van der Waals surface area contributed by atoms with Gasteiger partial charge >= 0.3 is 0 Å². The molecule has 0 radical (unpaired) electrons. The third-order valence-corrected chi connectivity index (χ3v) is 4.28. The maximum Gasteiger partial charge on any atom is 0.166 e. The summed E-state index contributed by atoms with van der Waals surface area (Å²) in [6, 6.07) is 15.8. The average Bonchev–Trinajstić information content (AvgIpc) is 2.95. The number of hydrogen-bond donors (Lipinski definition) is 1. The molecule has 0 amide bonds. The van der Waals surface area contributed by atoms with Gasteiger partial charge in [0.15, 0.2) is 10.9 Å². The Morgan fingerprint density at radius 1 is 1.14 bits per heavy atom. The maximum atomic E-state index is 11.6. The summed E-state index contributed by atoms with van der Waals surface area (Å²) in [4.78, 5) is 19.4. The maximum absolute atomic E-state index is 11.6. The molecule has 3 aromatic rings. The van der Waals surface area contributed by atoms with Crippen LogP contribution in [0, 0.1) is 0 Å². The number of imidazole rings is 1. The Labute approximate surface area is 127 Å². The molecule has 1 heterocycles. The van der Waals surface area contributed by atoms with Crippen LogP contribution in [0.1, 0.15) is 29.3 Å². The summed E-state index contributed by atoms with van der Waals surface area (Å²) < 4.78 is 0. The average molecular weight is 296 g/mol. The normalized spacial score (nSPS) is 10.9. The standard InChI is InChI=1S/C17H16N2OS/c1-2-16(20)13-9-7-12(8-10-13)11-21-17-18-14-5-3-4-6-15(14)19-17/h3-10H,2,11H2,1H3,(H,18,19). The lowest BCUT2D eigenvalue weighted by molar-refractivity contribution is 0.0988. The molecule has 2 aromatic carbocycles. The monoisotopic (exact) mass is 296 g/mol. The molecule has 21 heavy (non-hydrogen) atoms. The molecule has 4 heteroatoms. The Morgan fingerprint density at radius 3 is 2.62 bits per heavy atom. The van der Waals surface area contributed by atoms with E-state index in [1.807, 2.05) is 55.5 Å². The summed E-state index contributed by atoms with van der Waals surface area (Å²) in [7, 11) is 0. The number of benzene rings is 2. The lowest BCUT2D eigenvalue weighted by atomic mass is 10.1. The number of aromatic amines is 1. The highest BCUT2D eigenvalue weighted by Gasteiger charge is 2.05. The van der Waals surface area contributed by atoms with Gasteiger partial charge in [-0.2, -0.15) is 0 Å². The number of H-pyrrole nitrogens is 1. The fourth-order valence-electron chi connectivity index (χ4n) is 2.14. The van der Waals surface area contributed by atoms with Gasteiger partial charge in [-0.05, 0) is 17.7 Å². The number of nitrogens with zero attached hydrogens (tertiary/aromatic N) is 1. The number of hydrogen-bond acceptors (Lipinski definition) is 3. The molecule has 0 aliphatic heterocycles. The number of nitrogens with one attached hydrogen (secondary N) is 1. The van der Waals surface area contributed by atoms with Crippen molar-refractivity contribution in [1.82, 2.24) is 9.97 Å². The predicted molar refractivity (Wildman–Crippen MR) is 86.7 cm³/mol.